The van der Waals surface area contributed by atoms with Crippen molar-refractivity contribution >= 4 is 27.9 Å². The number of hydrogen-bond acceptors (Lipinski definition) is 7. The average molecular weight is 298 g/mol. The van der Waals surface area contributed by atoms with Gasteiger partial charge < -0.3 is 24.9 Å². The lowest BCUT2D eigenvalue weighted by Crippen LogP contribution is -2.26. The van der Waals surface area contributed by atoms with Crippen LogP contribution < -0.4 is 5.32 Å². The zero-order valence-corrected chi connectivity index (χ0v) is 11.8. The van der Waals surface area contributed by atoms with Crippen molar-refractivity contribution in [1.82, 2.24) is 9.38 Å². The molecule has 2 aromatic heterocycles. The molecule has 0 saturated carbocycles. The number of ether oxygens (including phenoxy) is 2. The van der Waals surface area contributed by atoms with Crippen LogP contribution in [0.3, 0.4) is 0 Å². The van der Waals surface area contributed by atoms with Crippen LogP contribution in [0.1, 0.15) is 13.8 Å². The number of nitro groups is 1. The molecule has 0 spiro atoms. The van der Waals surface area contributed by atoms with Crippen molar-refractivity contribution in [2.24, 2.45) is 0 Å². The van der Waals surface area contributed by atoms with Crippen molar-refractivity contribution in [3.8, 4) is 0 Å². The van der Waals surface area contributed by atoms with Crippen LogP contribution in [0.2, 0.25) is 0 Å². The number of thiazole rings is 1. The summed E-state index contributed by atoms with van der Waals surface area (Å²) in [5.41, 5.74) is 0. The Labute approximate surface area is 118 Å². The normalized spacial score (nSPS) is 21.4. The van der Waals surface area contributed by atoms with Crippen LogP contribution in [0.4, 0.5) is 11.6 Å². The Balaban J connectivity index is 1.76. The van der Waals surface area contributed by atoms with Crippen molar-refractivity contribution in [3.05, 3.63) is 21.7 Å². The number of imidazole rings is 1. The van der Waals surface area contributed by atoms with Crippen LogP contribution in [-0.4, -0.2) is 39.4 Å². The summed E-state index contributed by atoms with van der Waals surface area (Å²) in [6.45, 7) is 4.54. The maximum Gasteiger partial charge on any atom is 0.372 e. The van der Waals surface area contributed by atoms with Crippen LogP contribution in [0.25, 0.3) is 4.96 Å². The molecular weight excluding hydrogens is 284 g/mol. The van der Waals surface area contributed by atoms with Crippen LogP contribution in [-0.2, 0) is 9.47 Å². The Hall–Kier alpha value is -1.71. The summed E-state index contributed by atoms with van der Waals surface area (Å²) in [6.07, 6.45) is 1.48. The van der Waals surface area contributed by atoms with Crippen LogP contribution in [0.15, 0.2) is 11.6 Å². The summed E-state index contributed by atoms with van der Waals surface area (Å²) in [5.74, 6) is -0.401. The molecule has 9 heteroatoms. The molecule has 108 valence electrons. The molecule has 1 atom stereocenters. The summed E-state index contributed by atoms with van der Waals surface area (Å²) >= 11 is 1.35. The Bertz CT molecular complexity index is 650. The number of anilines is 1. The number of hydrogen-bond donors (Lipinski definition) is 1. The fraction of sp³-hybridized carbons (Fsp3) is 0.545. The van der Waals surface area contributed by atoms with Gasteiger partial charge in [0, 0.05) is 11.9 Å². The monoisotopic (exact) mass is 298 g/mol. The Morgan fingerprint density at radius 1 is 1.70 bits per heavy atom. The first kappa shape index (κ1) is 13.3. The third-order valence-corrected chi connectivity index (χ3v) is 3.73. The van der Waals surface area contributed by atoms with Gasteiger partial charge in [0.2, 0.25) is 5.82 Å². The number of aromatic nitrogens is 2. The first-order valence-electron chi connectivity index (χ1n) is 6.12. The van der Waals surface area contributed by atoms with Gasteiger partial charge in [0.25, 0.3) is 4.96 Å². The Morgan fingerprint density at radius 2 is 2.50 bits per heavy atom. The van der Waals surface area contributed by atoms with Crippen LogP contribution in [0.5, 0.6) is 0 Å². The van der Waals surface area contributed by atoms with Gasteiger partial charge in [-0.15, -0.1) is 0 Å². The predicted octanol–water partition coefficient (Wildman–Crippen LogP) is 1.87. The zero-order valence-electron chi connectivity index (χ0n) is 11.0. The quantitative estimate of drug-likeness (QED) is 0.684. The summed E-state index contributed by atoms with van der Waals surface area (Å²) in [5, 5.41) is 15.9. The first-order chi connectivity index (χ1) is 9.46. The van der Waals surface area contributed by atoms with E-state index in [1.54, 1.807) is 11.6 Å². The third kappa shape index (κ3) is 2.35. The number of nitrogens with one attached hydrogen (secondary N) is 1. The highest BCUT2D eigenvalue weighted by atomic mass is 32.1. The molecule has 0 aromatic carbocycles. The molecule has 20 heavy (non-hydrogen) atoms. The van der Waals surface area contributed by atoms with Gasteiger partial charge in [0.05, 0.1) is 6.61 Å². The second-order valence-corrected chi connectivity index (χ2v) is 5.80. The van der Waals surface area contributed by atoms with E-state index in [1.165, 1.54) is 15.7 Å². The van der Waals surface area contributed by atoms with E-state index in [0.29, 0.717) is 18.1 Å². The second kappa shape index (κ2) is 4.69. The topological polar surface area (TPSA) is 90.9 Å². The molecule has 3 heterocycles. The molecule has 1 unspecified atom stereocenters. The maximum atomic E-state index is 11.1. The first-order valence-corrected chi connectivity index (χ1v) is 7.00. The molecule has 8 nitrogen and oxygen atoms in total. The van der Waals surface area contributed by atoms with Crippen LogP contribution in [0, 0.1) is 10.1 Å². The summed E-state index contributed by atoms with van der Waals surface area (Å²) in [7, 11) is 0. The van der Waals surface area contributed by atoms with Gasteiger partial charge in [0.1, 0.15) is 12.3 Å². The van der Waals surface area contributed by atoms with E-state index in [-0.39, 0.29) is 17.7 Å². The van der Waals surface area contributed by atoms with Crippen molar-refractivity contribution in [2.75, 3.05) is 18.5 Å². The lowest BCUT2D eigenvalue weighted by molar-refractivity contribution is -0.389. The summed E-state index contributed by atoms with van der Waals surface area (Å²) < 4.78 is 12.5. The van der Waals surface area contributed by atoms with Gasteiger partial charge in [0.15, 0.2) is 5.79 Å². The molecule has 1 N–H and O–H groups in total. The lowest BCUT2D eigenvalue weighted by atomic mass is 10.3. The molecule has 1 aliphatic heterocycles. The fourth-order valence-electron chi connectivity index (χ4n) is 2.14. The van der Waals surface area contributed by atoms with E-state index in [1.807, 2.05) is 13.8 Å². The third-order valence-electron chi connectivity index (χ3n) is 2.97. The highest BCUT2D eigenvalue weighted by molar-refractivity contribution is 7.15. The SMILES string of the molecule is CC1(C)OCC(CNc2nc3sccn3c2[N+](=O)[O-])O1. The lowest BCUT2D eigenvalue weighted by Gasteiger charge is -2.17. The molecule has 1 fully saturated rings. The molecule has 0 bridgehead atoms. The maximum absolute atomic E-state index is 11.1. The molecular formula is C11H14N4O4S. The zero-order chi connectivity index (χ0) is 14.3. The predicted molar refractivity (Wildman–Crippen MR) is 73.1 cm³/mol. The number of nitrogens with zero attached hydrogens (tertiary/aromatic N) is 3. The van der Waals surface area contributed by atoms with Crippen LogP contribution >= 0.6 is 11.3 Å². The minimum atomic E-state index is -0.604. The summed E-state index contributed by atoms with van der Waals surface area (Å²) in [4.78, 5) is 15.5. The molecule has 0 amide bonds. The minimum Gasteiger partial charge on any atom is -0.360 e. The van der Waals surface area contributed by atoms with Crippen molar-refractivity contribution < 1.29 is 14.4 Å². The van der Waals surface area contributed by atoms with Gasteiger partial charge in [-0.2, -0.15) is 9.38 Å². The highest BCUT2D eigenvalue weighted by Gasteiger charge is 2.33. The molecule has 0 radical (unpaired) electrons. The molecule has 0 aliphatic carbocycles. The molecule has 1 saturated heterocycles. The van der Waals surface area contributed by atoms with Crippen molar-refractivity contribution in [2.45, 2.75) is 25.7 Å². The fourth-order valence-corrected chi connectivity index (χ4v) is 2.85. The summed E-state index contributed by atoms with van der Waals surface area (Å²) in [6, 6.07) is 0. The van der Waals surface area contributed by atoms with Gasteiger partial charge in [-0.05, 0) is 18.8 Å². The smallest absolute Gasteiger partial charge is 0.360 e. The standard InChI is InChI=1S/C11H14N4O4S/c1-11(2)18-6-7(19-11)5-12-8-9(15(16)17)14-3-4-20-10(14)13-8/h3-4,7,12H,5-6H2,1-2H3. The number of fused-ring (bicyclic) bond motifs is 1. The largest absolute Gasteiger partial charge is 0.372 e. The van der Waals surface area contributed by atoms with E-state index in [4.69, 9.17) is 9.47 Å². The van der Waals surface area contributed by atoms with Gasteiger partial charge >= 0.3 is 5.82 Å². The Morgan fingerprint density at radius 3 is 3.15 bits per heavy atom. The van der Waals surface area contributed by atoms with E-state index in [2.05, 4.69) is 10.3 Å². The van der Waals surface area contributed by atoms with Gasteiger partial charge in [-0.1, -0.05) is 11.3 Å². The second-order valence-electron chi connectivity index (χ2n) is 4.93. The average Bonchev–Trinajstić information content (AvgIpc) is 2.99. The molecule has 3 rings (SSSR count). The number of rotatable bonds is 4. The highest BCUT2D eigenvalue weighted by Crippen LogP contribution is 2.29. The van der Waals surface area contributed by atoms with Gasteiger partial charge in [-0.25, -0.2) is 0 Å². The van der Waals surface area contributed by atoms with Crippen molar-refractivity contribution in [3.63, 3.8) is 0 Å². The molecule has 2 aromatic rings. The minimum absolute atomic E-state index is 0.0561. The van der Waals surface area contributed by atoms with E-state index < -0.39 is 10.7 Å². The van der Waals surface area contributed by atoms with Gasteiger partial charge in [-0.3, -0.25) is 0 Å². The van der Waals surface area contributed by atoms with E-state index in [0.717, 1.165) is 0 Å². The van der Waals surface area contributed by atoms with Crippen molar-refractivity contribution in [1.29, 1.82) is 0 Å². The van der Waals surface area contributed by atoms with E-state index >= 15 is 0 Å². The molecule has 1 aliphatic rings. The Kier molecular flexibility index (Phi) is 3.11. The van der Waals surface area contributed by atoms with E-state index in [9.17, 15) is 10.1 Å².